The van der Waals surface area contributed by atoms with E-state index in [4.69, 9.17) is 16.3 Å². The summed E-state index contributed by atoms with van der Waals surface area (Å²) in [5.41, 5.74) is 0. The smallest absolute Gasteiger partial charge is 0.186 e. The summed E-state index contributed by atoms with van der Waals surface area (Å²) in [6.07, 6.45) is 0. The number of carbonyl (C=O) groups excluding carboxylic acids is 1. The van der Waals surface area contributed by atoms with Crippen molar-refractivity contribution in [1.29, 1.82) is 0 Å². The van der Waals surface area contributed by atoms with Crippen molar-refractivity contribution >= 4 is 28.7 Å². The molecule has 2 rings (SSSR count). The zero-order valence-electron chi connectivity index (χ0n) is 9.26. The van der Waals surface area contributed by atoms with Gasteiger partial charge < -0.3 is 9.84 Å². The van der Waals surface area contributed by atoms with Crippen LogP contribution in [0.15, 0.2) is 12.1 Å². The predicted molar refractivity (Wildman–Crippen MR) is 66.9 cm³/mol. The molecule has 1 aliphatic rings. The maximum atomic E-state index is 12.0. The Hall–Kier alpha value is -0.460. The molecule has 94 valence electrons. The van der Waals surface area contributed by atoms with Crippen LogP contribution in [0.3, 0.4) is 0 Å². The van der Waals surface area contributed by atoms with Crippen LogP contribution in [-0.4, -0.2) is 54.7 Å². The number of aliphatic hydroxyl groups excluding tert-OH is 1. The number of ketones is 1. The lowest BCUT2D eigenvalue weighted by Gasteiger charge is -2.33. The molecule has 0 spiro atoms. The summed E-state index contributed by atoms with van der Waals surface area (Å²) in [4.78, 5) is 14.6. The van der Waals surface area contributed by atoms with Crippen LogP contribution in [0, 0.1) is 0 Å². The fourth-order valence-corrected chi connectivity index (χ4v) is 2.77. The van der Waals surface area contributed by atoms with Gasteiger partial charge in [-0.3, -0.25) is 9.69 Å². The number of hydrogen-bond acceptors (Lipinski definition) is 5. The van der Waals surface area contributed by atoms with E-state index in [-0.39, 0.29) is 18.4 Å². The van der Waals surface area contributed by atoms with Crippen LogP contribution >= 0.6 is 22.9 Å². The van der Waals surface area contributed by atoms with Gasteiger partial charge in [-0.25, -0.2) is 0 Å². The molecule has 2 heterocycles. The summed E-state index contributed by atoms with van der Waals surface area (Å²) >= 11 is 7.08. The summed E-state index contributed by atoms with van der Waals surface area (Å²) in [5, 5.41) is 9.20. The minimum Gasteiger partial charge on any atom is -0.395 e. The van der Waals surface area contributed by atoms with E-state index in [0.29, 0.717) is 35.5 Å². The normalized spacial score (nSPS) is 21.6. The number of thiophene rings is 1. The number of aliphatic hydroxyl groups is 1. The van der Waals surface area contributed by atoms with Gasteiger partial charge in [-0.05, 0) is 12.1 Å². The number of rotatable bonds is 4. The molecule has 0 radical (unpaired) electrons. The van der Waals surface area contributed by atoms with Gasteiger partial charge in [-0.15, -0.1) is 11.3 Å². The highest BCUT2D eigenvalue weighted by molar-refractivity contribution is 7.18. The number of ether oxygens (including phenoxy) is 1. The van der Waals surface area contributed by atoms with Crippen molar-refractivity contribution < 1.29 is 14.6 Å². The van der Waals surface area contributed by atoms with Crippen LogP contribution in [0.4, 0.5) is 0 Å². The van der Waals surface area contributed by atoms with E-state index in [2.05, 4.69) is 0 Å². The SMILES string of the molecule is O=C(CN1CCOCC1CO)c1ccc(Cl)s1. The maximum absolute atomic E-state index is 12.0. The minimum absolute atomic E-state index is 0.0124. The highest BCUT2D eigenvalue weighted by atomic mass is 35.5. The highest BCUT2D eigenvalue weighted by Crippen LogP contribution is 2.22. The molecule has 1 aromatic rings. The number of hydrogen-bond donors (Lipinski definition) is 1. The molecule has 0 bridgehead atoms. The van der Waals surface area contributed by atoms with E-state index in [1.165, 1.54) is 11.3 Å². The standard InChI is InChI=1S/C11H14ClNO3S/c12-11-2-1-10(17-11)9(15)5-13-3-4-16-7-8(13)6-14/h1-2,8,14H,3-7H2. The van der Waals surface area contributed by atoms with Crippen molar-refractivity contribution in [2.24, 2.45) is 0 Å². The van der Waals surface area contributed by atoms with E-state index in [0.717, 1.165) is 0 Å². The van der Waals surface area contributed by atoms with Gasteiger partial charge in [0.15, 0.2) is 5.78 Å². The molecule has 1 unspecified atom stereocenters. The lowest BCUT2D eigenvalue weighted by Crippen LogP contribution is -2.49. The first-order valence-electron chi connectivity index (χ1n) is 5.42. The highest BCUT2D eigenvalue weighted by Gasteiger charge is 2.24. The molecule has 1 atom stereocenters. The topological polar surface area (TPSA) is 49.8 Å². The van der Waals surface area contributed by atoms with Gasteiger partial charge >= 0.3 is 0 Å². The van der Waals surface area contributed by atoms with Crippen LogP contribution in [0.5, 0.6) is 0 Å². The van der Waals surface area contributed by atoms with Crippen molar-refractivity contribution in [2.75, 3.05) is 32.9 Å². The van der Waals surface area contributed by atoms with Gasteiger partial charge in [0.2, 0.25) is 0 Å². The molecule has 1 fully saturated rings. The Morgan fingerprint density at radius 2 is 2.47 bits per heavy atom. The van der Waals surface area contributed by atoms with E-state index < -0.39 is 0 Å². The van der Waals surface area contributed by atoms with E-state index >= 15 is 0 Å². The van der Waals surface area contributed by atoms with E-state index in [9.17, 15) is 9.90 Å². The summed E-state index contributed by atoms with van der Waals surface area (Å²) in [7, 11) is 0. The molecule has 1 N–H and O–H groups in total. The van der Waals surface area contributed by atoms with Gasteiger partial charge in [0.1, 0.15) is 0 Å². The number of halogens is 1. The van der Waals surface area contributed by atoms with Crippen LogP contribution in [0.2, 0.25) is 4.34 Å². The van der Waals surface area contributed by atoms with Crippen molar-refractivity contribution in [3.63, 3.8) is 0 Å². The summed E-state index contributed by atoms with van der Waals surface area (Å²) in [5.74, 6) is 0.0438. The Kier molecular flexibility index (Phi) is 4.53. The molecule has 1 aromatic heterocycles. The monoisotopic (exact) mass is 275 g/mol. The first-order valence-corrected chi connectivity index (χ1v) is 6.61. The molecular formula is C11H14ClNO3S. The fourth-order valence-electron chi connectivity index (χ4n) is 1.79. The van der Waals surface area contributed by atoms with Gasteiger partial charge in [0.05, 0.1) is 41.6 Å². The Morgan fingerprint density at radius 1 is 1.65 bits per heavy atom. The molecule has 6 heteroatoms. The molecule has 0 aliphatic carbocycles. The van der Waals surface area contributed by atoms with Crippen molar-refractivity contribution in [3.05, 3.63) is 21.3 Å². The van der Waals surface area contributed by atoms with Crippen molar-refractivity contribution in [3.8, 4) is 0 Å². The average molecular weight is 276 g/mol. The van der Waals surface area contributed by atoms with Crippen LogP contribution in [0.1, 0.15) is 9.67 Å². The van der Waals surface area contributed by atoms with Crippen molar-refractivity contribution in [1.82, 2.24) is 4.90 Å². The molecule has 1 saturated heterocycles. The lowest BCUT2D eigenvalue weighted by molar-refractivity contribution is -0.0240. The average Bonchev–Trinajstić information content (AvgIpc) is 2.77. The fraction of sp³-hybridized carbons (Fsp3) is 0.545. The van der Waals surface area contributed by atoms with Crippen LogP contribution in [-0.2, 0) is 4.74 Å². The molecule has 0 amide bonds. The Labute approximate surface area is 109 Å². The third-order valence-electron chi connectivity index (χ3n) is 2.75. The van der Waals surface area contributed by atoms with Gasteiger partial charge in [0.25, 0.3) is 0 Å². The molecule has 0 saturated carbocycles. The van der Waals surface area contributed by atoms with Gasteiger partial charge in [0, 0.05) is 6.54 Å². The van der Waals surface area contributed by atoms with Crippen LogP contribution in [0.25, 0.3) is 0 Å². The van der Waals surface area contributed by atoms with Gasteiger partial charge in [-0.2, -0.15) is 0 Å². The first-order chi connectivity index (χ1) is 8.20. The number of nitrogens with zero attached hydrogens (tertiary/aromatic N) is 1. The summed E-state index contributed by atoms with van der Waals surface area (Å²) < 4.78 is 5.88. The quantitative estimate of drug-likeness (QED) is 0.841. The lowest BCUT2D eigenvalue weighted by atomic mass is 10.2. The Balaban J connectivity index is 1.97. The number of carbonyl (C=O) groups is 1. The second-order valence-electron chi connectivity index (χ2n) is 3.91. The van der Waals surface area contributed by atoms with Crippen molar-refractivity contribution in [2.45, 2.75) is 6.04 Å². The maximum Gasteiger partial charge on any atom is 0.186 e. The molecule has 0 aromatic carbocycles. The number of morpholine rings is 1. The molecular weight excluding hydrogens is 262 g/mol. The number of Topliss-reactive ketones (excluding diaryl/α,β-unsaturated/α-hetero) is 1. The second kappa shape index (κ2) is 5.93. The zero-order valence-corrected chi connectivity index (χ0v) is 10.8. The third-order valence-corrected chi connectivity index (χ3v) is 4.03. The summed E-state index contributed by atoms with van der Waals surface area (Å²) in [6, 6.07) is 3.38. The molecule has 1 aliphatic heterocycles. The van der Waals surface area contributed by atoms with Gasteiger partial charge in [-0.1, -0.05) is 11.6 Å². The Bertz CT molecular complexity index is 396. The van der Waals surface area contributed by atoms with E-state index in [1.54, 1.807) is 12.1 Å². The van der Waals surface area contributed by atoms with E-state index in [1.807, 2.05) is 4.90 Å². The Morgan fingerprint density at radius 3 is 3.12 bits per heavy atom. The molecule has 4 nitrogen and oxygen atoms in total. The predicted octanol–water partition coefficient (Wildman–Crippen LogP) is 1.28. The molecule has 17 heavy (non-hydrogen) atoms. The van der Waals surface area contributed by atoms with Crippen LogP contribution < -0.4 is 0 Å². The minimum atomic E-state index is -0.0804. The second-order valence-corrected chi connectivity index (χ2v) is 5.62. The first kappa shape index (κ1) is 13.0. The zero-order chi connectivity index (χ0) is 12.3. The summed E-state index contributed by atoms with van der Waals surface area (Å²) in [6.45, 7) is 2.09. The third kappa shape index (κ3) is 3.26. The largest absolute Gasteiger partial charge is 0.395 e.